The molecule has 0 rings (SSSR count). The van der Waals surface area contributed by atoms with E-state index in [4.69, 9.17) is 4.55 Å². The van der Waals surface area contributed by atoms with Crippen molar-refractivity contribution in [1.82, 2.24) is 0 Å². The van der Waals surface area contributed by atoms with Crippen molar-refractivity contribution in [2.45, 2.75) is 18.0 Å². The van der Waals surface area contributed by atoms with Crippen molar-refractivity contribution in [3.63, 3.8) is 0 Å². The normalized spacial score (nSPS) is 15.5. The van der Waals surface area contributed by atoms with Gasteiger partial charge in [-0.15, -0.1) is 0 Å². The van der Waals surface area contributed by atoms with E-state index in [1.165, 1.54) is 0 Å². The van der Waals surface area contributed by atoms with Crippen LogP contribution in [0, 0.1) is 0 Å². The maximum atomic E-state index is 12.2. The Morgan fingerprint density at radius 1 is 0.933 bits per heavy atom. The highest BCUT2D eigenvalue weighted by atomic mass is 32.2. The Balaban J connectivity index is 5.21. The van der Waals surface area contributed by atoms with Crippen LogP contribution in [0.3, 0.4) is 0 Å². The minimum atomic E-state index is -6.61. The number of hydrogen-bond donors (Lipinski definition) is 1. The van der Waals surface area contributed by atoms with Crippen molar-refractivity contribution in [1.29, 1.82) is 0 Å². The summed E-state index contributed by atoms with van der Waals surface area (Å²) in [5, 5.41) is 0. The summed E-state index contributed by atoms with van der Waals surface area (Å²) in [4.78, 5) is 0. The third-order valence-electron chi connectivity index (χ3n) is 1.18. The van der Waals surface area contributed by atoms with Crippen LogP contribution >= 0.6 is 0 Å². The fourth-order valence-corrected chi connectivity index (χ4v) is 1.17. The van der Waals surface area contributed by atoms with Crippen molar-refractivity contribution in [2.24, 2.45) is 0 Å². The van der Waals surface area contributed by atoms with E-state index < -0.39 is 33.9 Å². The lowest BCUT2D eigenvalue weighted by molar-refractivity contribution is -0.348. The maximum absolute atomic E-state index is 12.2. The van der Waals surface area contributed by atoms with Gasteiger partial charge in [0.25, 0.3) is 10.1 Å². The van der Waals surface area contributed by atoms with Gasteiger partial charge in [-0.05, 0) is 0 Å². The Hall–Kier alpha value is -0.580. The zero-order valence-electron chi connectivity index (χ0n) is 6.52. The van der Waals surface area contributed by atoms with Crippen molar-refractivity contribution >= 4 is 10.1 Å². The van der Waals surface area contributed by atoms with Crippen molar-refractivity contribution < 1.29 is 43.7 Å². The van der Waals surface area contributed by atoms with E-state index in [-0.39, 0.29) is 0 Å². The molecule has 0 unspecified atom stereocenters. The van der Waals surface area contributed by atoms with Crippen LogP contribution in [0.25, 0.3) is 0 Å². The second kappa shape index (κ2) is 3.47. The van der Waals surface area contributed by atoms with Crippen molar-refractivity contribution in [2.75, 3.05) is 5.75 Å². The Morgan fingerprint density at radius 2 is 1.27 bits per heavy atom. The first-order valence-corrected chi connectivity index (χ1v) is 4.59. The monoisotopic (exact) mass is 264 g/mol. The van der Waals surface area contributed by atoms with E-state index in [2.05, 4.69) is 0 Å². The number of halogens is 7. The molecule has 0 aliphatic heterocycles. The van der Waals surface area contributed by atoms with Gasteiger partial charge in [-0.3, -0.25) is 4.55 Å². The topological polar surface area (TPSA) is 54.4 Å². The van der Waals surface area contributed by atoms with E-state index in [9.17, 15) is 39.2 Å². The molecule has 0 aliphatic rings. The van der Waals surface area contributed by atoms with E-state index in [0.717, 1.165) is 0 Å². The summed E-state index contributed by atoms with van der Waals surface area (Å²) >= 11 is 0. The molecular weight excluding hydrogens is 261 g/mol. The number of hydrogen-bond acceptors (Lipinski definition) is 2. The third-order valence-corrected chi connectivity index (χ3v) is 1.91. The molecule has 0 radical (unpaired) electrons. The molecule has 0 heterocycles. The van der Waals surface area contributed by atoms with Crippen molar-refractivity contribution in [3.8, 4) is 0 Å². The van der Waals surface area contributed by atoms with Gasteiger partial charge in [0, 0.05) is 0 Å². The predicted octanol–water partition coefficient (Wildman–Crippen LogP) is 1.71. The molecule has 0 aromatic carbocycles. The minimum absolute atomic E-state index is 3.01. The van der Waals surface area contributed by atoms with Crippen LogP contribution in [0.5, 0.6) is 0 Å². The van der Waals surface area contributed by atoms with Crippen molar-refractivity contribution in [3.05, 3.63) is 0 Å². The van der Waals surface area contributed by atoms with Gasteiger partial charge in [0.15, 0.2) is 0 Å². The zero-order chi connectivity index (χ0) is 12.7. The first-order valence-electron chi connectivity index (χ1n) is 2.98. The highest BCUT2D eigenvalue weighted by Crippen LogP contribution is 2.46. The van der Waals surface area contributed by atoms with E-state index in [0.29, 0.717) is 0 Å². The standard InChI is InChI=1S/C4H3F7O3S/c5-2(6,1-15(12,13)14)3(7,8)4(9,10)11/h1H2,(H,12,13,14). The van der Waals surface area contributed by atoms with Gasteiger partial charge in [-0.25, -0.2) is 0 Å². The summed E-state index contributed by atoms with van der Waals surface area (Å²) in [5.41, 5.74) is 0. The molecule has 3 nitrogen and oxygen atoms in total. The second-order valence-electron chi connectivity index (χ2n) is 2.50. The Labute approximate surface area is 78.6 Å². The van der Waals surface area contributed by atoms with Crippen LogP contribution < -0.4 is 0 Å². The lowest BCUT2D eigenvalue weighted by Crippen LogP contribution is -2.55. The molecule has 0 atom stereocenters. The number of alkyl halides is 7. The van der Waals surface area contributed by atoms with Gasteiger partial charge in [0.1, 0.15) is 5.75 Å². The molecule has 1 N–H and O–H groups in total. The maximum Gasteiger partial charge on any atom is 0.459 e. The molecule has 15 heavy (non-hydrogen) atoms. The third kappa shape index (κ3) is 3.19. The molecular formula is C4H3F7O3S. The van der Waals surface area contributed by atoms with E-state index in [1.54, 1.807) is 0 Å². The van der Waals surface area contributed by atoms with Crippen LogP contribution in [-0.2, 0) is 10.1 Å². The minimum Gasteiger partial charge on any atom is -0.285 e. The molecule has 0 aromatic heterocycles. The van der Waals surface area contributed by atoms with Crippen LogP contribution in [-0.4, -0.2) is 36.7 Å². The fourth-order valence-electron chi connectivity index (χ4n) is 0.527. The van der Waals surface area contributed by atoms with Crippen LogP contribution in [0.15, 0.2) is 0 Å². The highest BCUT2D eigenvalue weighted by molar-refractivity contribution is 7.85. The zero-order valence-corrected chi connectivity index (χ0v) is 7.34. The van der Waals surface area contributed by atoms with Gasteiger partial charge in [0.2, 0.25) is 0 Å². The van der Waals surface area contributed by atoms with Gasteiger partial charge >= 0.3 is 18.0 Å². The van der Waals surface area contributed by atoms with Crippen LogP contribution in [0.4, 0.5) is 30.7 Å². The lowest BCUT2D eigenvalue weighted by Gasteiger charge is -2.26. The predicted molar refractivity (Wildman–Crippen MR) is 32.4 cm³/mol. The summed E-state index contributed by atoms with van der Waals surface area (Å²) in [5.74, 6) is -15.5. The molecule has 0 saturated carbocycles. The quantitative estimate of drug-likeness (QED) is 0.623. The average Bonchev–Trinajstić information content (AvgIpc) is 1.77. The fraction of sp³-hybridized carbons (Fsp3) is 1.00. The largest absolute Gasteiger partial charge is 0.459 e. The molecule has 0 amide bonds. The highest BCUT2D eigenvalue weighted by Gasteiger charge is 2.73. The summed E-state index contributed by atoms with van der Waals surface area (Å²) in [6, 6.07) is 0. The summed E-state index contributed by atoms with van der Waals surface area (Å²) in [6.07, 6.45) is -6.61. The molecule has 0 saturated heterocycles. The lowest BCUT2D eigenvalue weighted by atomic mass is 10.2. The van der Waals surface area contributed by atoms with Crippen LogP contribution in [0.2, 0.25) is 0 Å². The van der Waals surface area contributed by atoms with Gasteiger partial charge in [0.05, 0.1) is 0 Å². The molecule has 0 spiro atoms. The van der Waals surface area contributed by atoms with Gasteiger partial charge < -0.3 is 0 Å². The average molecular weight is 264 g/mol. The molecule has 0 fully saturated rings. The van der Waals surface area contributed by atoms with E-state index >= 15 is 0 Å². The SMILES string of the molecule is O=S(=O)(O)CC(F)(F)C(F)(F)C(F)(F)F. The van der Waals surface area contributed by atoms with E-state index in [1.807, 2.05) is 0 Å². The molecule has 0 bridgehead atoms. The first-order chi connectivity index (χ1) is 6.21. The van der Waals surface area contributed by atoms with Crippen LogP contribution in [0.1, 0.15) is 0 Å². The smallest absolute Gasteiger partial charge is 0.285 e. The summed E-state index contributed by atoms with van der Waals surface area (Å²) in [6.45, 7) is 0. The molecule has 0 aliphatic carbocycles. The second-order valence-corrected chi connectivity index (χ2v) is 3.96. The molecule has 0 aromatic rings. The summed E-state index contributed by atoms with van der Waals surface area (Å²) in [7, 11) is -5.66. The Kier molecular flexibility index (Phi) is 3.34. The Morgan fingerprint density at radius 3 is 1.47 bits per heavy atom. The first kappa shape index (κ1) is 14.4. The van der Waals surface area contributed by atoms with Gasteiger partial charge in [-0.2, -0.15) is 39.2 Å². The summed E-state index contributed by atoms with van der Waals surface area (Å²) < 4.78 is 110. The van der Waals surface area contributed by atoms with Gasteiger partial charge in [-0.1, -0.05) is 0 Å². The molecule has 92 valence electrons. The molecule has 11 heteroatoms. The Bertz CT molecular complexity index is 329. The number of rotatable bonds is 3.